The first-order valence-electron chi connectivity index (χ1n) is 7.31. The van der Waals surface area contributed by atoms with Crippen LogP contribution in [0.4, 0.5) is 5.95 Å². The molecule has 1 amide bonds. The Kier molecular flexibility index (Phi) is 3.51. The Morgan fingerprint density at radius 3 is 2.91 bits per heavy atom. The number of hydrogen-bond donors (Lipinski definition) is 0. The van der Waals surface area contributed by atoms with Crippen LogP contribution in [-0.2, 0) is 4.74 Å². The Morgan fingerprint density at radius 2 is 2.14 bits per heavy atom. The van der Waals surface area contributed by atoms with Gasteiger partial charge in [0.05, 0.1) is 23.6 Å². The first-order chi connectivity index (χ1) is 10.8. The smallest absolute Gasteiger partial charge is 0.264 e. The maximum Gasteiger partial charge on any atom is 0.264 e. The number of rotatable bonds is 2. The van der Waals surface area contributed by atoms with E-state index in [0.29, 0.717) is 25.6 Å². The largest absolute Gasteiger partial charge is 0.372 e. The van der Waals surface area contributed by atoms with E-state index in [0.717, 1.165) is 11.4 Å². The van der Waals surface area contributed by atoms with Gasteiger partial charge in [-0.25, -0.2) is 9.97 Å². The fourth-order valence-electron chi connectivity index (χ4n) is 3.10. The second-order valence-electron chi connectivity index (χ2n) is 5.41. The Bertz CT molecular complexity index is 649. The van der Waals surface area contributed by atoms with Gasteiger partial charge >= 0.3 is 0 Å². The molecule has 2 aliphatic rings. The van der Waals surface area contributed by atoms with E-state index in [1.165, 1.54) is 11.3 Å². The molecule has 0 radical (unpaired) electrons. The summed E-state index contributed by atoms with van der Waals surface area (Å²) in [4.78, 5) is 26.0. The molecule has 0 N–H and O–H groups in total. The zero-order chi connectivity index (χ0) is 14.9. The summed E-state index contributed by atoms with van der Waals surface area (Å²) in [5.41, 5.74) is 0. The maximum atomic E-state index is 12.5. The standard InChI is InChI=1S/C15H16N4O2S/c20-14(13-3-1-8-22-13)18-9-11-12(10-18)21-7-6-19(11)15-16-4-2-5-17-15/h1-5,8,11-12H,6-7,9-10H2/t11-,12+/m1/s1. The summed E-state index contributed by atoms with van der Waals surface area (Å²) in [6.07, 6.45) is 3.52. The van der Waals surface area contributed by atoms with Crippen molar-refractivity contribution in [3.05, 3.63) is 40.8 Å². The topological polar surface area (TPSA) is 58.6 Å². The van der Waals surface area contributed by atoms with Gasteiger partial charge in [0.2, 0.25) is 5.95 Å². The zero-order valence-electron chi connectivity index (χ0n) is 12.0. The van der Waals surface area contributed by atoms with Gasteiger partial charge in [-0.15, -0.1) is 11.3 Å². The summed E-state index contributed by atoms with van der Waals surface area (Å²) in [5.74, 6) is 0.799. The van der Waals surface area contributed by atoms with Crippen molar-refractivity contribution < 1.29 is 9.53 Å². The van der Waals surface area contributed by atoms with E-state index >= 15 is 0 Å². The van der Waals surface area contributed by atoms with E-state index in [-0.39, 0.29) is 18.1 Å². The lowest BCUT2D eigenvalue weighted by atomic mass is 10.1. The summed E-state index contributed by atoms with van der Waals surface area (Å²) < 4.78 is 5.86. The molecule has 0 aromatic carbocycles. The zero-order valence-corrected chi connectivity index (χ0v) is 12.8. The van der Waals surface area contributed by atoms with Crippen molar-refractivity contribution in [3.8, 4) is 0 Å². The van der Waals surface area contributed by atoms with Crippen LogP contribution in [0.15, 0.2) is 36.0 Å². The molecular formula is C15H16N4O2S. The number of thiophene rings is 1. The lowest BCUT2D eigenvalue weighted by molar-refractivity contribution is 0.0297. The molecule has 0 spiro atoms. The number of carbonyl (C=O) groups is 1. The highest BCUT2D eigenvalue weighted by Gasteiger charge is 2.43. The lowest BCUT2D eigenvalue weighted by Gasteiger charge is -2.36. The highest BCUT2D eigenvalue weighted by Crippen LogP contribution is 2.27. The number of aromatic nitrogens is 2. The predicted molar refractivity (Wildman–Crippen MR) is 83.1 cm³/mol. The summed E-state index contributed by atoms with van der Waals surface area (Å²) in [6.45, 7) is 2.68. The molecule has 6 nitrogen and oxygen atoms in total. The quantitative estimate of drug-likeness (QED) is 0.835. The highest BCUT2D eigenvalue weighted by atomic mass is 32.1. The van der Waals surface area contributed by atoms with E-state index in [1.54, 1.807) is 12.4 Å². The Hall–Kier alpha value is -1.99. The van der Waals surface area contributed by atoms with Crippen molar-refractivity contribution in [1.29, 1.82) is 0 Å². The van der Waals surface area contributed by atoms with Crippen LogP contribution >= 0.6 is 11.3 Å². The summed E-state index contributed by atoms with van der Waals surface area (Å²) >= 11 is 1.48. The van der Waals surface area contributed by atoms with Crippen LogP contribution < -0.4 is 4.90 Å². The normalized spacial score (nSPS) is 24.4. The van der Waals surface area contributed by atoms with Crippen LogP contribution in [0.3, 0.4) is 0 Å². The average Bonchev–Trinajstić information content (AvgIpc) is 3.24. The monoisotopic (exact) mass is 316 g/mol. The van der Waals surface area contributed by atoms with Crippen molar-refractivity contribution in [2.45, 2.75) is 12.1 Å². The maximum absolute atomic E-state index is 12.5. The van der Waals surface area contributed by atoms with Gasteiger partial charge in [0, 0.05) is 32.0 Å². The molecule has 0 saturated carbocycles. The van der Waals surface area contributed by atoms with Gasteiger partial charge < -0.3 is 14.5 Å². The number of morpholine rings is 1. The number of ether oxygens (including phenoxy) is 1. The minimum absolute atomic E-state index is 0.0291. The van der Waals surface area contributed by atoms with E-state index in [2.05, 4.69) is 14.9 Å². The molecule has 114 valence electrons. The SMILES string of the molecule is O=C(c1cccs1)N1C[C@@H]2OCCN(c3ncccn3)[C@@H]2C1. The van der Waals surface area contributed by atoms with E-state index in [9.17, 15) is 4.79 Å². The molecule has 2 atom stereocenters. The summed E-state index contributed by atoms with van der Waals surface area (Å²) in [6, 6.07) is 5.71. The fourth-order valence-corrected chi connectivity index (χ4v) is 3.79. The second kappa shape index (κ2) is 5.66. The minimum Gasteiger partial charge on any atom is -0.372 e. The van der Waals surface area contributed by atoms with Crippen molar-refractivity contribution >= 4 is 23.2 Å². The lowest BCUT2D eigenvalue weighted by Crippen LogP contribution is -2.51. The molecule has 2 fully saturated rings. The predicted octanol–water partition coefficient (Wildman–Crippen LogP) is 1.27. The number of fused-ring (bicyclic) bond motifs is 1. The van der Waals surface area contributed by atoms with Gasteiger partial charge in [-0.1, -0.05) is 6.07 Å². The molecule has 22 heavy (non-hydrogen) atoms. The van der Waals surface area contributed by atoms with E-state index in [1.807, 2.05) is 28.5 Å². The average molecular weight is 316 g/mol. The minimum atomic E-state index is 0.0291. The first-order valence-corrected chi connectivity index (χ1v) is 8.19. The van der Waals surface area contributed by atoms with Crippen molar-refractivity contribution in [2.24, 2.45) is 0 Å². The molecule has 4 heterocycles. The molecule has 0 bridgehead atoms. The second-order valence-corrected chi connectivity index (χ2v) is 6.35. The number of nitrogens with zero attached hydrogens (tertiary/aromatic N) is 4. The molecule has 2 aromatic heterocycles. The third-order valence-electron chi connectivity index (χ3n) is 4.13. The number of hydrogen-bond acceptors (Lipinski definition) is 6. The van der Waals surface area contributed by atoms with Crippen molar-refractivity contribution in [3.63, 3.8) is 0 Å². The first kappa shape index (κ1) is 13.7. The third kappa shape index (κ3) is 2.36. The molecular weight excluding hydrogens is 300 g/mol. The molecule has 4 rings (SSSR count). The van der Waals surface area contributed by atoms with E-state index in [4.69, 9.17) is 4.74 Å². The molecule has 7 heteroatoms. The van der Waals surface area contributed by atoms with Gasteiger partial charge in [-0.05, 0) is 17.5 Å². The fraction of sp³-hybridized carbons (Fsp3) is 0.400. The summed E-state index contributed by atoms with van der Waals surface area (Å²) in [5, 5.41) is 1.93. The number of likely N-dealkylation sites (tertiary alicyclic amines) is 1. The van der Waals surface area contributed by atoms with Gasteiger partial charge in [0.15, 0.2) is 0 Å². The van der Waals surface area contributed by atoms with Crippen LogP contribution in [0, 0.1) is 0 Å². The van der Waals surface area contributed by atoms with Crippen LogP contribution in [0.25, 0.3) is 0 Å². The van der Waals surface area contributed by atoms with Crippen LogP contribution in [-0.4, -0.2) is 59.2 Å². The number of carbonyl (C=O) groups excluding carboxylic acids is 1. The van der Waals surface area contributed by atoms with Crippen LogP contribution in [0.2, 0.25) is 0 Å². The van der Waals surface area contributed by atoms with E-state index < -0.39 is 0 Å². The van der Waals surface area contributed by atoms with Crippen molar-refractivity contribution in [2.75, 3.05) is 31.1 Å². The Labute approximate surface area is 132 Å². The molecule has 0 unspecified atom stereocenters. The highest BCUT2D eigenvalue weighted by molar-refractivity contribution is 7.12. The van der Waals surface area contributed by atoms with Gasteiger partial charge in [0.1, 0.15) is 0 Å². The van der Waals surface area contributed by atoms with Crippen molar-refractivity contribution in [1.82, 2.24) is 14.9 Å². The van der Waals surface area contributed by atoms with Gasteiger partial charge in [-0.3, -0.25) is 4.79 Å². The molecule has 2 aromatic rings. The number of anilines is 1. The Balaban J connectivity index is 1.55. The summed E-state index contributed by atoms with van der Waals surface area (Å²) in [7, 11) is 0. The Morgan fingerprint density at radius 1 is 1.27 bits per heavy atom. The molecule has 2 aliphatic heterocycles. The van der Waals surface area contributed by atoms with Crippen LogP contribution in [0.5, 0.6) is 0 Å². The molecule has 2 saturated heterocycles. The van der Waals surface area contributed by atoms with Gasteiger partial charge in [0.25, 0.3) is 5.91 Å². The number of amides is 1. The third-order valence-corrected chi connectivity index (χ3v) is 4.99. The van der Waals surface area contributed by atoms with Gasteiger partial charge in [-0.2, -0.15) is 0 Å². The molecule has 0 aliphatic carbocycles. The van der Waals surface area contributed by atoms with Crippen LogP contribution in [0.1, 0.15) is 9.67 Å².